The van der Waals surface area contributed by atoms with Gasteiger partial charge in [0.05, 0.1) is 31.6 Å². The van der Waals surface area contributed by atoms with Gasteiger partial charge in [-0.25, -0.2) is 4.98 Å². The number of nitrogens with two attached hydrogens (primary N) is 1. The van der Waals surface area contributed by atoms with E-state index in [0.717, 1.165) is 17.9 Å². The monoisotopic (exact) mass is 276 g/mol. The molecule has 20 heavy (non-hydrogen) atoms. The highest BCUT2D eigenvalue weighted by molar-refractivity contribution is 5.72. The van der Waals surface area contributed by atoms with Crippen LogP contribution >= 0.6 is 0 Å². The van der Waals surface area contributed by atoms with E-state index in [1.54, 1.807) is 32.7 Å². The zero-order chi connectivity index (χ0) is 14.5. The SMILES string of the molecule is CCC(Nc1cc(OC)c(OC)cc1N)c1ncc[nH]1. The molecule has 6 nitrogen and oxygen atoms in total. The van der Waals surface area contributed by atoms with E-state index >= 15 is 0 Å². The Morgan fingerprint density at radius 2 is 2.00 bits per heavy atom. The molecule has 0 spiro atoms. The van der Waals surface area contributed by atoms with Crippen molar-refractivity contribution in [2.45, 2.75) is 19.4 Å². The first-order chi connectivity index (χ1) is 9.69. The molecule has 108 valence electrons. The first-order valence-corrected chi connectivity index (χ1v) is 6.46. The molecule has 2 aromatic rings. The van der Waals surface area contributed by atoms with Crippen LogP contribution in [0.1, 0.15) is 25.2 Å². The molecule has 1 heterocycles. The number of aromatic amines is 1. The normalized spacial score (nSPS) is 11.9. The van der Waals surface area contributed by atoms with Crippen LogP contribution in [0.2, 0.25) is 0 Å². The highest BCUT2D eigenvalue weighted by Crippen LogP contribution is 2.36. The van der Waals surface area contributed by atoms with Crippen molar-refractivity contribution in [2.75, 3.05) is 25.3 Å². The minimum Gasteiger partial charge on any atom is -0.493 e. The largest absolute Gasteiger partial charge is 0.493 e. The Bertz CT molecular complexity index is 555. The van der Waals surface area contributed by atoms with Crippen LogP contribution in [0.15, 0.2) is 24.5 Å². The van der Waals surface area contributed by atoms with Crippen molar-refractivity contribution in [3.05, 3.63) is 30.4 Å². The molecule has 0 aliphatic rings. The smallest absolute Gasteiger partial charge is 0.162 e. The van der Waals surface area contributed by atoms with Crippen molar-refractivity contribution < 1.29 is 9.47 Å². The highest BCUT2D eigenvalue weighted by Gasteiger charge is 2.15. The first-order valence-electron chi connectivity index (χ1n) is 6.46. The molecule has 0 fully saturated rings. The van der Waals surface area contributed by atoms with Crippen LogP contribution in [0.4, 0.5) is 11.4 Å². The molecular formula is C14H20N4O2. The molecular weight excluding hydrogens is 256 g/mol. The molecule has 1 aromatic carbocycles. The third-order valence-electron chi connectivity index (χ3n) is 3.14. The Kier molecular flexibility index (Phi) is 4.34. The lowest BCUT2D eigenvalue weighted by Gasteiger charge is -2.19. The molecule has 4 N–H and O–H groups in total. The van der Waals surface area contributed by atoms with Gasteiger partial charge >= 0.3 is 0 Å². The minimum atomic E-state index is 0.0606. The second kappa shape index (κ2) is 6.18. The zero-order valence-corrected chi connectivity index (χ0v) is 11.9. The van der Waals surface area contributed by atoms with E-state index in [4.69, 9.17) is 15.2 Å². The second-order valence-corrected chi connectivity index (χ2v) is 4.37. The van der Waals surface area contributed by atoms with Gasteiger partial charge in [0.25, 0.3) is 0 Å². The Balaban J connectivity index is 2.28. The molecule has 1 unspecified atom stereocenters. The van der Waals surface area contributed by atoms with Crippen LogP contribution in [-0.2, 0) is 0 Å². The maximum Gasteiger partial charge on any atom is 0.162 e. The van der Waals surface area contributed by atoms with Gasteiger partial charge in [0.1, 0.15) is 5.82 Å². The summed E-state index contributed by atoms with van der Waals surface area (Å²) in [5, 5.41) is 3.37. The summed E-state index contributed by atoms with van der Waals surface area (Å²) >= 11 is 0. The first kappa shape index (κ1) is 14.0. The maximum absolute atomic E-state index is 6.05. The number of benzene rings is 1. The number of ether oxygens (including phenoxy) is 2. The number of hydrogen-bond acceptors (Lipinski definition) is 5. The molecule has 1 aromatic heterocycles. The molecule has 0 bridgehead atoms. The zero-order valence-electron chi connectivity index (χ0n) is 11.9. The summed E-state index contributed by atoms with van der Waals surface area (Å²) in [6, 6.07) is 3.64. The number of methoxy groups -OCH3 is 2. The van der Waals surface area contributed by atoms with Crippen molar-refractivity contribution in [1.29, 1.82) is 0 Å². The summed E-state index contributed by atoms with van der Waals surface area (Å²) in [5.41, 5.74) is 7.45. The molecule has 0 saturated heterocycles. The predicted octanol–water partition coefficient (Wildman–Crippen LogP) is 2.57. The number of hydrogen-bond donors (Lipinski definition) is 3. The average molecular weight is 276 g/mol. The molecule has 1 atom stereocenters. The van der Waals surface area contributed by atoms with Gasteiger partial charge < -0.3 is 25.5 Å². The Morgan fingerprint density at radius 3 is 2.55 bits per heavy atom. The van der Waals surface area contributed by atoms with Crippen molar-refractivity contribution in [3.63, 3.8) is 0 Å². The number of nitrogens with one attached hydrogen (secondary N) is 2. The topological polar surface area (TPSA) is 85.2 Å². The average Bonchev–Trinajstić information content (AvgIpc) is 2.99. The molecule has 0 saturated carbocycles. The molecule has 6 heteroatoms. The Labute approximate surface area is 118 Å². The van der Waals surface area contributed by atoms with Crippen LogP contribution in [0.3, 0.4) is 0 Å². The standard InChI is InChI=1S/C14H20N4O2/c1-4-10(14-16-5-6-17-14)18-11-8-13(20-3)12(19-2)7-9(11)15/h5-8,10,18H,4,15H2,1-3H3,(H,16,17). The van der Waals surface area contributed by atoms with Crippen molar-refractivity contribution >= 4 is 11.4 Å². The van der Waals surface area contributed by atoms with Gasteiger partial charge in [-0.15, -0.1) is 0 Å². The third kappa shape index (κ3) is 2.79. The molecule has 0 aliphatic heterocycles. The fourth-order valence-electron chi connectivity index (χ4n) is 2.04. The van der Waals surface area contributed by atoms with Gasteiger partial charge in [-0.3, -0.25) is 0 Å². The minimum absolute atomic E-state index is 0.0606. The van der Waals surface area contributed by atoms with Gasteiger partial charge in [0.2, 0.25) is 0 Å². The quantitative estimate of drug-likeness (QED) is 0.706. The highest BCUT2D eigenvalue weighted by atomic mass is 16.5. The van der Waals surface area contributed by atoms with Crippen molar-refractivity contribution in [1.82, 2.24) is 9.97 Å². The number of H-pyrrole nitrogens is 1. The number of rotatable bonds is 6. The maximum atomic E-state index is 6.05. The van der Waals surface area contributed by atoms with Crippen molar-refractivity contribution in [3.8, 4) is 11.5 Å². The summed E-state index contributed by atoms with van der Waals surface area (Å²) in [6.07, 6.45) is 4.41. The van der Waals surface area contributed by atoms with E-state index < -0.39 is 0 Å². The van der Waals surface area contributed by atoms with Crippen LogP contribution in [0.5, 0.6) is 11.5 Å². The number of anilines is 2. The number of aromatic nitrogens is 2. The van der Waals surface area contributed by atoms with E-state index in [2.05, 4.69) is 22.2 Å². The van der Waals surface area contributed by atoms with Gasteiger partial charge in [-0.05, 0) is 6.42 Å². The Hall–Kier alpha value is -2.37. The summed E-state index contributed by atoms with van der Waals surface area (Å²) in [7, 11) is 3.18. The molecule has 0 radical (unpaired) electrons. The van der Waals surface area contributed by atoms with E-state index in [9.17, 15) is 0 Å². The number of imidazole rings is 1. The van der Waals surface area contributed by atoms with Crippen molar-refractivity contribution in [2.24, 2.45) is 0 Å². The van der Waals surface area contributed by atoms with Gasteiger partial charge in [0.15, 0.2) is 11.5 Å². The van der Waals surface area contributed by atoms with Gasteiger partial charge in [-0.1, -0.05) is 6.92 Å². The molecule has 2 rings (SSSR count). The van der Waals surface area contributed by atoms with Gasteiger partial charge in [-0.2, -0.15) is 0 Å². The lowest BCUT2D eigenvalue weighted by molar-refractivity contribution is 0.355. The lowest BCUT2D eigenvalue weighted by Crippen LogP contribution is -2.13. The summed E-state index contributed by atoms with van der Waals surface area (Å²) in [6.45, 7) is 2.08. The molecule has 0 amide bonds. The predicted molar refractivity (Wildman–Crippen MR) is 79.2 cm³/mol. The van der Waals surface area contributed by atoms with E-state index in [-0.39, 0.29) is 6.04 Å². The second-order valence-electron chi connectivity index (χ2n) is 4.37. The van der Waals surface area contributed by atoms with Gasteiger partial charge in [0, 0.05) is 24.5 Å². The van der Waals surface area contributed by atoms with E-state index in [1.807, 2.05) is 6.07 Å². The van der Waals surface area contributed by atoms with Crippen LogP contribution in [-0.4, -0.2) is 24.2 Å². The number of nitrogen functional groups attached to an aromatic ring is 1. The fraction of sp³-hybridized carbons (Fsp3) is 0.357. The summed E-state index contributed by atoms with van der Waals surface area (Å²) in [4.78, 5) is 7.38. The fourth-order valence-corrected chi connectivity index (χ4v) is 2.04. The number of nitrogens with zero attached hydrogens (tertiary/aromatic N) is 1. The van der Waals surface area contributed by atoms with E-state index in [1.165, 1.54) is 0 Å². The van der Waals surface area contributed by atoms with Crippen LogP contribution in [0, 0.1) is 0 Å². The summed E-state index contributed by atoms with van der Waals surface area (Å²) < 4.78 is 10.5. The summed E-state index contributed by atoms with van der Waals surface area (Å²) in [5.74, 6) is 2.13. The van der Waals surface area contributed by atoms with Crippen LogP contribution in [0.25, 0.3) is 0 Å². The third-order valence-corrected chi connectivity index (χ3v) is 3.14. The van der Waals surface area contributed by atoms with E-state index in [0.29, 0.717) is 17.2 Å². The molecule has 0 aliphatic carbocycles. The van der Waals surface area contributed by atoms with Crippen LogP contribution < -0.4 is 20.5 Å². The Morgan fingerprint density at radius 1 is 1.30 bits per heavy atom. The lowest BCUT2D eigenvalue weighted by atomic mass is 10.1.